The van der Waals surface area contributed by atoms with Crippen molar-refractivity contribution in [1.82, 2.24) is 0 Å². The lowest BCUT2D eigenvalue weighted by atomic mass is 10.1. The summed E-state index contributed by atoms with van der Waals surface area (Å²) in [5, 5.41) is 0. The van der Waals surface area contributed by atoms with Gasteiger partial charge in [-0.3, -0.25) is 0 Å². The maximum Gasteiger partial charge on any atom is 0.121 e. The predicted molar refractivity (Wildman–Crippen MR) is 67.0 cm³/mol. The van der Waals surface area contributed by atoms with E-state index in [1.807, 2.05) is 18.2 Å². The first-order chi connectivity index (χ1) is 6.96. The molecule has 0 fully saturated rings. The van der Waals surface area contributed by atoms with E-state index in [0.29, 0.717) is 6.54 Å². The van der Waals surface area contributed by atoms with E-state index in [4.69, 9.17) is 10.5 Å². The molecular weight excluding hydrogens is 254 g/mol. The highest BCUT2D eigenvalue weighted by molar-refractivity contribution is 9.10. The van der Waals surface area contributed by atoms with Crippen LogP contribution >= 0.6 is 15.9 Å². The molecule has 0 aliphatic carbocycles. The zero-order valence-electron chi connectivity index (χ0n) is 9.51. The monoisotopic (exact) mass is 271 g/mol. The fourth-order valence-corrected chi connectivity index (χ4v) is 1.71. The second-order valence-electron chi connectivity index (χ2n) is 4.21. The van der Waals surface area contributed by atoms with Crippen molar-refractivity contribution in [3.63, 3.8) is 0 Å². The molecule has 2 N–H and O–H groups in total. The largest absolute Gasteiger partial charge is 0.488 e. The summed E-state index contributed by atoms with van der Waals surface area (Å²) >= 11 is 3.45. The summed E-state index contributed by atoms with van der Waals surface area (Å²) in [6.45, 7) is 6.80. The highest BCUT2D eigenvalue weighted by Crippen LogP contribution is 2.25. The van der Waals surface area contributed by atoms with Crippen molar-refractivity contribution in [3.05, 3.63) is 28.2 Å². The van der Waals surface area contributed by atoms with Crippen LogP contribution in [0.4, 0.5) is 0 Å². The summed E-state index contributed by atoms with van der Waals surface area (Å²) in [6.07, 6.45) is 0.970. The summed E-state index contributed by atoms with van der Waals surface area (Å²) in [6, 6.07) is 5.96. The molecule has 0 unspecified atom stereocenters. The van der Waals surface area contributed by atoms with Crippen molar-refractivity contribution in [2.24, 2.45) is 5.73 Å². The average Bonchev–Trinajstić information content (AvgIpc) is 2.16. The number of nitrogens with two attached hydrogens (primary N) is 1. The lowest BCUT2D eigenvalue weighted by Crippen LogP contribution is -2.26. The van der Waals surface area contributed by atoms with Crippen molar-refractivity contribution in [2.75, 3.05) is 0 Å². The Morgan fingerprint density at radius 3 is 2.53 bits per heavy atom. The number of ether oxygens (including phenoxy) is 1. The number of hydrogen-bond acceptors (Lipinski definition) is 2. The van der Waals surface area contributed by atoms with Gasteiger partial charge in [0.05, 0.1) is 0 Å². The first-order valence-corrected chi connectivity index (χ1v) is 5.94. The third kappa shape index (κ3) is 3.84. The van der Waals surface area contributed by atoms with Crippen LogP contribution in [0.3, 0.4) is 0 Å². The summed E-state index contributed by atoms with van der Waals surface area (Å²) < 4.78 is 6.90. The van der Waals surface area contributed by atoms with Gasteiger partial charge in [0, 0.05) is 11.0 Å². The van der Waals surface area contributed by atoms with Crippen LogP contribution in [-0.4, -0.2) is 5.60 Å². The minimum atomic E-state index is -0.132. The van der Waals surface area contributed by atoms with Crippen LogP contribution in [-0.2, 0) is 6.54 Å². The number of benzene rings is 1. The third-order valence-corrected chi connectivity index (χ3v) is 2.87. The highest BCUT2D eigenvalue weighted by atomic mass is 79.9. The van der Waals surface area contributed by atoms with E-state index in [-0.39, 0.29) is 5.60 Å². The Kier molecular flexibility index (Phi) is 4.17. The first kappa shape index (κ1) is 12.5. The van der Waals surface area contributed by atoms with Crippen LogP contribution < -0.4 is 10.5 Å². The average molecular weight is 272 g/mol. The van der Waals surface area contributed by atoms with Gasteiger partial charge in [-0.25, -0.2) is 0 Å². The fourth-order valence-electron chi connectivity index (χ4n) is 1.19. The number of halogens is 1. The standard InChI is InChI=1S/C12H18BrNO/c1-4-12(2,3)15-11-6-9(8-14)5-10(13)7-11/h5-7H,4,8,14H2,1-3H3. The van der Waals surface area contributed by atoms with Crippen molar-refractivity contribution in [3.8, 4) is 5.75 Å². The summed E-state index contributed by atoms with van der Waals surface area (Å²) in [5.74, 6) is 0.872. The minimum Gasteiger partial charge on any atom is -0.488 e. The van der Waals surface area contributed by atoms with Gasteiger partial charge in [-0.15, -0.1) is 0 Å². The predicted octanol–water partition coefficient (Wildman–Crippen LogP) is 3.48. The smallest absolute Gasteiger partial charge is 0.121 e. The van der Waals surface area contributed by atoms with Crippen LogP contribution in [0.1, 0.15) is 32.8 Å². The highest BCUT2D eigenvalue weighted by Gasteiger charge is 2.17. The number of hydrogen-bond donors (Lipinski definition) is 1. The molecular formula is C12H18BrNO. The van der Waals surface area contributed by atoms with E-state index >= 15 is 0 Å². The Labute approximate surface area is 99.9 Å². The van der Waals surface area contributed by atoms with Gasteiger partial charge in [0.2, 0.25) is 0 Å². The Balaban J connectivity index is 2.90. The van der Waals surface area contributed by atoms with E-state index < -0.39 is 0 Å². The Morgan fingerprint density at radius 2 is 2.00 bits per heavy atom. The molecule has 0 saturated heterocycles. The van der Waals surface area contributed by atoms with Gasteiger partial charge < -0.3 is 10.5 Å². The van der Waals surface area contributed by atoms with Gasteiger partial charge in [-0.05, 0) is 44.0 Å². The van der Waals surface area contributed by atoms with Crippen molar-refractivity contribution >= 4 is 15.9 Å². The normalized spacial score (nSPS) is 11.5. The maximum atomic E-state index is 5.89. The zero-order chi connectivity index (χ0) is 11.5. The Morgan fingerprint density at radius 1 is 1.33 bits per heavy atom. The molecule has 0 atom stereocenters. The van der Waals surface area contributed by atoms with Gasteiger partial charge in [0.15, 0.2) is 0 Å². The molecule has 1 aromatic rings. The second-order valence-corrected chi connectivity index (χ2v) is 5.13. The molecule has 84 valence electrons. The van der Waals surface area contributed by atoms with E-state index in [0.717, 1.165) is 22.2 Å². The van der Waals surface area contributed by atoms with Crippen LogP contribution in [0.2, 0.25) is 0 Å². The lowest BCUT2D eigenvalue weighted by Gasteiger charge is -2.25. The van der Waals surface area contributed by atoms with E-state index in [9.17, 15) is 0 Å². The Hall–Kier alpha value is -0.540. The quantitative estimate of drug-likeness (QED) is 0.910. The molecule has 3 heteroatoms. The third-order valence-electron chi connectivity index (χ3n) is 2.41. The summed E-state index contributed by atoms with van der Waals surface area (Å²) in [5.41, 5.74) is 6.55. The van der Waals surface area contributed by atoms with Crippen molar-refractivity contribution < 1.29 is 4.74 Å². The Bertz CT molecular complexity index is 336. The van der Waals surface area contributed by atoms with Crippen LogP contribution in [0.5, 0.6) is 5.75 Å². The van der Waals surface area contributed by atoms with Gasteiger partial charge in [-0.2, -0.15) is 0 Å². The molecule has 0 aliphatic heterocycles. The fraction of sp³-hybridized carbons (Fsp3) is 0.500. The van der Waals surface area contributed by atoms with Gasteiger partial charge in [0.1, 0.15) is 11.4 Å². The molecule has 0 amide bonds. The second kappa shape index (κ2) is 4.99. The zero-order valence-corrected chi connectivity index (χ0v) is 11.1. The molecule has 15 heavy (non-hydrogen) atoms. The molecule has 0 radical (unpaired) electrons. The van der Waals surface area contributed by atoms with Crippen molar-refractivity contribution in [2.45, 2.75) is 39.3 Å². The van der Waals surface area contributed by atoms with Gasteiger partial charge in [0.25, 0.3) is 0 Å². The molecule has 0 heterocycles. The molecule has 0 spiro atoms. The molecule has 2 nitrogen and oxygen atoms in total. The molecule has 0 bridgehead atoms. The minimum absolute atomic E-state index is 0.132. The summed E-state index contributed by atoms with van der Waals surface area (Å²) in [7, 11) is 0. The van der Waals surface area contributed by atoms with E-state index in [1.165, 1.54) is 0 Å². The molecule has 0 saturated carbocycles. The van der Waals surface area contributed by atoms with Crippen LogP contribution in [0, 0.1) is 0 Å². The van der Waals surface area contributed by atoms with E-state index in [2.05, 4.69) is 36.7 Å². The SMILES string of the molecule is CCC(C)(C)Oc1cc(Br)cc(CN)c1. The van der Waals surface area contributed by atoms with Crippen molar-refractivity contribution in [1.29, 1.82) is 0 Å². The molecule has 0 aliphatic rings. The van der Waals surface area contributed by atoms with Gasteiger partial charge in [-0.1, -0.05) is 22.9 Å². The van der Waals surface area contributed by atoms with Crippen LogP contribution in [0.25, 0.3) is 0 Å². The molecule has 0 aromatic heterocycles. The van der Waals surface area contributed by atoms with Crippen LogP contribution in [0.15, 0.2) is 22.7 Å². The lowest BCUT2D eigenvalue weighted by molar-refractivity contribution is 0.105. The summed E-state index contributed by atoms with van der Waals surface area (Å²) in [4.78, 5) is 0. The number of rotatable bonds is 4. The maximum absolute atomic E-state index is 5.89. The first-order valence-electron chi connectivity index (χ1n) is 5.15. The van der Waals surface area contributed by atoms with Gasteiger partial charge >= 0.3 is 0 Å². The molecule has 1 rings (SSSR count). The van der Waals surface area contributed by atoms with E-state index in [1.54, 1.807) is 0 Å². The topological polar surface area (TPSA) is 35.2 Å². The molecule has 1 aromatic carbocycles.